The molecule has 1 saturated heterocycles. The Hall–Kier alpha value is -2.04. The van der Waals surface area contributed by atoms with Gasteiger partial charge in [-0.2, -0.15) is 0 Å². The first-order valence-corrected chi connectivity index (χ1v) is 11.8. The van der Waals surface area contributed by atoms with Crippen LogP contribution in [0.3, 0.4) is 0 Å². The molecule has 2 aromatic carbocycles. The van der Waals surface area contributed by atoms with E-state index in [1.807, 2.05) is 42.3 Å². The van der Waals surface area contributed by atoms with E-state index in [-0.39, 0.29) is 0 Å². The highest BCUT2D eigenvalue weighted by atomic mass is 32.2. The maximum absolute atomic E-state index is 10.7. The minimum atomic E-state index is 0.620. The summed E-state index contributed by atoms with van der Waals surface area (Å²) < 4.78 is 0. The van der Waals surface area contributed by atoms with Gasteiger partial charge in [0, 0.05) is 48.9 Å². The lowest BCUT2D eigenvalue weighted by atomic mass is 9.87. The van der Waals surface area contributed by atoms with E-state index in [4.69, 9.17) is 0 Å². The van der Waals surface area contributed by atoms with Crippen molar-refractivity contribution in [2.45, 2.75) is 30.6 Å². The predicted molar refractivity (Wildman–Crippen MR) is 124 cm³/mol. The number of hydrogen-bond acceptors (Lipinski definition) is 4. The minimum absolute atomic E-state index is 0.620. The minimum Gasteiger partial charge on any atom is -0.369 e. The van der Waals surface area contributed by atoms with Gasteiger partial charge in [-0.1, -0.05) is 23.8 Å². The Bertz CT molecular complexity index is 867. The van der Waals surface area contributed by atoms with Crippen LogP contribution in [0.5, 0.6) is 0 Å². The quantitative estimate of drug-likeness (QED) is 0.630. The molecule has 1 radical (unpaired) electrons. The van der Waals surface area contributed by atoms with Gasteiger partial charge in [0.2, 0.25) is 6.29 Å². The SMILES string of the molecule is CSc1ccccc1C1=C(CN2CCN(c3ccc([C]=O)cc3)CC2)CCCC1. The van der Waals surface area contributed by atoms with Crippen LogP contribution in [0.4, 0.5) is 5.69 Å². The average molecular weight is 406 g/mol. The molecule has 0 bridgehead atoms. The van der Waals surface area contributed by atoms with Crippen LogP contribution in [0.2, 0.25) is 0 Å². The second-order valence-corrected chi connectivity index (χ2v) is 8.75. The van der Waals surface area contributed by atoms with Crippen molar-refractivity contribution >= 4 is 29.3 Å². The van der Waals surface area contributed by atoms with Gasteiger partial charge in [0.15, 0.2) is 0 Å². The highest BCUT2D eigenvalue weighted by molar-refractivity contribution is 7.98. The summed E-state index contributed by atoms with van der Waals surface area (Å²) in [6.07, 6.45) is 9.22. The summed E-state index contributed by atoms with van der Waals surface area (Å²) in [4.78, 5) is 17.2. The molecule has 1 aliphatic carbocycles. The molecule has 2 aromatic rings. The molecule has 4 heteroatoms. The van der Waals surface area contributed by atoms with E-state index in [1.165, 1.54) is 41.8 Å². The molecule has 1 aliphatic heterocycles. The van der Waals surface area contributed by atoms with Gasteiger partial charge < -0.3 is 4.90 Å². The third-order valence-corrected chi connectivity index (χ3v) is 6.95. The molecule has 0 saturated carbocycles. The molecule has 0 N–H and O–H groups in total. The highest BCUT2D eigenvalue weighted by Crippen LogP contribution is 2.37. The van der Waals surface area contributed by atoms with Crippen molar-refractivity contribution in [1.29, 1.82) is 0 Å². The van der Waals surface area contributed by atoms with Gasteiger partial charge in [-0.05, 0) is 73.4 Å². The summed E-state index contributed by atoms with van der Waals surface area (Å²) >= 11 is 1.86. The molecule has 1 fully saturated rings. The standard InChI is InChI=1S/C25H29N2OS/c1-29-25-9-5-4-8-24(25)23-7-3-2-6-21(23)18-26-14-16-27(17-15-26)22-12-10-20(19-28)11-13-22/h4-5,8-13H,2-3,6-7,14-18H2,1H3. The van der Waals surface area contributed by atoms with Crippen molar-refractivity contribution in [3.8, 4) is 0 Å². The van der Waals surface area contributed by atoms with Gasteiger partial charge in [0.1, 0.15) is 0 Å². The zero-order valence-corrected chi connectivity index (χ0v) is 18.0. The molecule has 2 aliphatic rings. The number of nitrogens with zero attached hydrogens (tertiary/aromatic N) is 2. The molecule has 0 spiro atoms. The molecule has 0 unspecified atom stereocenters. The van der Waals surface area contributed by atoms with Crippen molar-refractivity contribution in [3.63, 3.8) is 0 Å². The van der Waals surface area contributed by atoms with Crippen LogP contribution in [0, 0.1) is 0 Å². The van der Waals surface area contributed by atoms with Gasteiger partial charge in [-0.15, -0.1) is 11.8 Å². The van der Waals surface area contributed by atoms with E-state index in [0.717, 1.165) is 32.7 Å². The molecule has 0 amide bonds. The molecule has 1 heterocycles. The van der Waals surface area contributed by atoms with Crippen LogP contribution in [0.1, 0.15) is 36.8 Å². The van der Waals surface area contributed by atoms with Crippen LogP contribution in [-0.4, -0.2) is 50.2 Å². The topological polar surface area (TPSA) is 23.6 Å². The third-order valence-electron chi connectivity index (χ3n) is 6.15. The Morgan fingerprint density at radius 1 is 0.931 bits per heavy atom. The first kappa shape index (κ1) is 20.2. The number of rotatable bonds is 6. The van der Waals surface area contributed by atoms with Crippen molar-refractivity contribution in [1.82, 2.24) is 4.90 Å². The molecule has 151 valence electrons. The molecule has 4 rings (SSSR count). The lowest BCUT2D eigenvalue weighted by molar-refractivity contribution is 0.275. The number of benzene rings is 2. The van der Waals surface area contributed by atoms with Crippen LogP contribution in [0.15, 0.2) is 59.0 Å². The molecule has 0 atom stereocenters. The van der Waals surface area contributed by atoms with Gasteiger partial charge in [-0.25, -0.2) is 0 Å². The Balaban J connectivity index is 1.44. The Labute approximate surface area is 178 Å². The summed E-state index contributed by atoms with van der Waals surface area (Å²) in [5.41, 5.74) is 6.53. The van der Waals surface area contributed by atoms with Crippen molar-refractivity contribution < 1.29 is 4.79 Å². The maximum atomic E-state index is 10.7. The van der Waals surface area contributed by atoms with Gasteiger partial charge in [0.05, 0.1) is 0 Å². The van der Waals surface area contributed by atoms with E-state index in [1.54, 1.807) is 11.1 Å². The van der Waals surface area contributed by atoms with E-state index >= 15 is 0 Å². The fraction of sp³-hybridized carbons (Fsp3) is 0.400. The van der Waals surface area contributed by atoms with Crippen LogP contribution in [-0.2, 0) is 4.79 Å². The molecule has 0 aromatic heterocycles. The zero-order chi connectivity index (χ0) is 20.1. The number of allylic oxidation sites excluding steroid dienone is 1. The Kier molecular flexibility index (Phi) is 6.73. The lowest BCUT2D eigenvalue weighted by Gasteiger charge is -2.37. The molecular weight excluding hydrogens is 376 g/mol. The van der Waals surface area contributed by atoms with E-state index in [2.05, 4.69) is 40.3 Å². The summed E-state index contributed by atoms with van der Waals surface area (Å²) in [5, 5.41) is 0. The lowest BCUT2D eigenvalue weighted by Crippen LogP contribution is -2.47. The van der Waals surface area contributed by atoms with Crippen molar-refractivity contribution in [2.24, 2.45) is 0 Å². The number of carbonyl (C=O) groups excluding carboxylic acids is 1. The number of thioether (sulfide) groups is 1. The number of anilines is 1. The molecular formula is C25H29N2OS. The largest absolute Gasteiger partial charge is 0.369 e. The normalized spacial score (nSPS) is 18.2. The highest BCUT2D eigenvalue weighted by Gasteiger charge is 2.22. The second kappa shape index (κ2) is 9.64. The van der Waals surface area contributed by atoms with Gasteiger partial charge in [-0.3, -0.25) is 9.69 Å². The summed E-state index contributed by atoms with van der Waals surface area (Å²) in [6, 6.07) is 16.7. The predicted octanol–water partition coefficient (Wildman–Crippen LogP) is 5.02. The van der Waals surface area contributed by atoms with Crippen LogP contribution in [0.25, 0.3) is 5.57 Å². The number of piperazine rings is 1. The van der Waals surface area contributed by atoms with Crippen molar-refractivity contribution in [2.75, 3.05) is 43.9 Å². The summed E-state index contributed by atoms with van der Waals surface area (Å²) in [5.74, 6) is 0. The smallest absolute Gasteiger partial charge is 0.233 e. The van der Waals surface area contributed by atoms with Crippen molar-refractivity contribution in [3.05, 3.63) is 65.2 Å². The van der Waals surface area contributed by atoms with Crippen LogP contribution >= 0.6 is 11.8 Å². The number of hydrogen-bond donors (Lipinski definition) is 0. The summed E-state index contributed by atoms with van der Waals surface area (Å²) in [6.45, 7) is 5.35. The first-order valence-electron chi connectivity index (χ1n) is 10.6. The van der Waals surface area contributed by atoms with Gasteiger partial charge in [0.25, 0.3) is 0 Å². The fourth-order valence-electron chi connectivity index (χ4n) is 4.54. The Morgan fingerprint density at radius 2 is 1.66 bits per heavy atom. The zero-order valence-electron chi connectivity index (χ0n) is 17.2. The third kappa shape index (κ3) is 4.76. The fourth-order valence-corrected chi connectivity index (χ4v) is 5.16. The van der Waals surface area contributed by atoms with E-state index in [0.29, 0.717) is 5.56 Å². The molecule has 3 nitrogen and oxygen atoms in total. The maximum Gasteiger partial charge on any atom is 0.233 e. The van der Waals surface area contributed by atoms with E-state index < -0.39 is 0 Å². The average Bonchev–Trinajstić information content (AvgIpc) is 2.80. The summed E-state index contributed by atoms with van der Waals surface area (Å²) in [7, 11) is 0. The Morgan fingerprint density at radius 3 is 2.38 bits per heavy atom. The first-order chi connectivity index (χ1) is 14.3. The second-order valence-electron chi connectivity index (χ2n) is 7.90. The monoisotopic (exact) mass is 405 g/mol. The van der Waals surface area contributed by atoms with Gasteiger partial charge >= 0.3 is 0 Å². The van der Waals surface area contributed by atoms with E-state index in [9.17, 15) is 4.79 Å². The van der Waals surface area contributed by atoms with Crippen LogP contribution < -0.4 is 4.90 Å². The molecule has 29 heavy (non-hydrogen) atoms.